The lowest BCUT2D eigenvalue weighted by Crippen LogP contribution is -2.53. The number of nitrogens with zero attached hydrogens (tertiary/aromatic N) is 3. The summed E-state index contributed by atoms with van der Waals surface area (Å²) < 4.78 is 39.9. The van der Waals surface area contributed by atoms with E-state index < -0.39 is 12.0 Å². The summed E-state index contributed by atoms with van der Waals surface area (Å²) in [7, 11) is 1.35. The predicted molar refractivity (Wildman–Crippen MR) is 96.1 cm³/mol. The lowest BCUT2D eigenvalue weighted by atomic mass is 9.85. The topological polar surface area (TPSA) is 82.6 Å². The number of rotatable bonds is 4. The number of methoxy groups -OCH3 is 1. The first-order valence-electron chi connectivity index (χ1n) is 9.39. The highest BCUT2D eigenvalue weighted by molar-refractivity contribution is 5.68. The Morgan fingerprint density at radius 3 is 2.93 bits per heavy atom. The first-order valence-corrected chi connectivity index (χ1v) is 9.39. The molecule has 4 atom stereocenters. The summed E-state index contributed by atoms with van der Waals surface area (Å²) in [4.78, 5) is 13.6. The van der Waals surface area contributed by atoms with Crippen LogP contribution in [0.4, 0.5) is 8.78 Å². The lowest BCUT2D eigenvalue weighted by molar-refractivity contribution is -0.141. The Kier molecular flexibility index (Phi) is 5.31. The summed E-state index contributed by atoms with van der Waals surface area (Å²) in [6.07, 6.45) is 4.29. The maximum atomic E-state index is 14.1. The first kappa shape index (κ1) is 19.2. The number of aromatic nitrogens is 2. The molecule has 1 aromatic heterocycles. The summed E-state index contributed by atoms with van der Waals surface area (Å²) in [5.41, 5.74) is 8.28. The van der Waals surface area contributed by atoms with Gasteiger partial charge in [0.2, 0.25) is 0 Å². The Hall–Kier alpha value is -2.10. The van der Waals surface area contributed by atoms with Gasteiger partial charge in [0, 0.05) is 49.3 Å². The summed E-state index contributed by atoms with van der Waals surface area (Å²) in [5, 5.41) is 4.45. The second-order valence-corrected chi connectivity index (χ2v) is 7.61. The molecule has 2 N–H and O–H groups in total. The smallest absolute Gasteiger partial charge is 0.327 e. The monoisotopic (exact) mass is 394 g/mol. The number of carbonyl (C=O) groups is 1. The van der Waals surface area contributed by atoms with Gasteiger partial charge < -0.3 is 15.2 Å². The molecule has 0 bridgehead atoms. The van der Waals surface area contributed by atoms with Gasteiger partial charge in [-0.25, -0.2) is 8.78 Å². The van der Waals surface area contributed by atoms with Crippen molar-refractivity contribution >= 4 is 5.97 Å². The third kappa shape index (κ3) is 3.74. The minimum Gasteiger partial charge on any atom is -0.468 e. The summed E-state index contributed by atoms with van der Waals surface area (Å²) in [5.74, 6) is -1.72. The van der Waals surface area contributed by atoms with E-state index in [1.54, 1.807) is 4.68 Å². The standard InChI is InChI=1S/C19H24F2N4O3/c1-27-18(26)9-25-7-11-6-24(8-17(11)23-25)13-5-16(22)19(28-10-13)14-4-12(20)2-3-15(14)21/h2-3,7,13-14,16,19H,4-6,8-10,22H2,1H3/t13-,14?,16+,19-/m1/s1. The third-order valence-corrected chi connectivity index (χ3v) is 5.72. The molecule has 9 heteroatoms. The zero-order valence-corrected chi connectivity index (χ0v) is 15.7. The molecule has 1 saturated heterocycles. The number of allylic oxidation sites excluding steroid dienone is 3. The normalized spacial score (nSPS) is 30.6. The molecule has 7 nitrogen and oxygen atoms in total. The van der Waals surface area contributed by atoms with E-state index in [-0.39, 0.29) is 42.7 Å². The Morgan fingerprint density at radius 2 is 2.21 bits per heavy atom. The van der Waals surface area contributed by atoms with Crippen molar-refractivity contribution in [1.82, 2.24) is 14.7 Å². The highest BCUT2D eigenvalue weighted by atomic mass is 19.1. The Balaban J connectivity index is 1.35. The van der Waals surface area contributed by atoms with Gasteiger partial charge >= 0.3 is 5.97 Å². The number of halogens is 2. The van der Waals surface area contributed by atoms with Gasteiger partial charge in [-0.15, -0.1) is 0 Å². The molecule has 0 radical (unpaired) electrons. The minimum absolute atomic E-state index is 0.00516. The Morgan fingerprint density at radius 1 is 1.39 bits per heavy atom. The molecular formula is C19H24F2N4O3. The maximum absolute atomic E-state index is 14.1. The third-order valence-electron chi connectivity index (χ3n) is 5.72. The van der Waals surface area contributed by atoms with Gasteiger partial charge in [-0.1, -0.05) is 0 Å². The van der Waals surface area contributed by atoms with Gasteiger partial charge in [0.1, 0.15) is 18.2 Å². The van der Waals surface area contributed by atoms with Crippen molar-refractivity contribution in [3.05, 3.63) is 41.3 Å². The van der Waals surface area contributed by atoms with Crippen molar-refractivity contribution in [2.75, 3.05) is 13.7 Å². The van der Waals surface area contributed by atoms with Crippen LogP contribution >= 0.6 is 0 Å². The highest BCUT2D eigenvalue weighted by Crippen LogP contribution is 2.36. The van der Waals surface area contributed by atoms with Crippen LogP contribution in [0.25, 0.3) is 0 Å². The van der Waals surface area contributed by atoms with Gasteiger partial charge in [-0.2, -0.15) is 5.10 Å². The van der Waals surface area contributed by atoms with E-state index in [2.05, 4.69) is 14.7 Å². The van der Waals surface area contributed by atoms with Crippen LogP contribution < -0.4 is 5.73 Å². The fraction of sp³-hybridized carbons (Fsp3) is 0.579. The molecule has 0 amide bonds. The van der Waals surface area contributed by atoms with E-state index in [0.717, 1.165) is 23.4 Å². The van der Waals surface area contributed by atoms with Crippen molar-refractivity contribution in [1.29, 1.82) is 0 Å². The van der Waals surface area contributed by atoms with E-state index >= 15 is 0 Å². The summed E-state index contributed by atoms with van der Waals surface area (Å²) in [6.45, 7) is 1.84. The molecule has 1 aliphatic carbocycles. The average Bonchev–Trinajstić information content (AvgIpc) is 3.22. The lowest BCUT2D eigenvalue weighted by Gasteiger charge is -2.41. The molecule has 28 heavy (non-hydrogen) atoms. The second-order valence-electron chi connectivity index (χ2n) is 7.61. The molecule has 1 unspecified atom stereocenters. The summed E-state index contributed by atoms with van der Waals surface area (Å²) in [6, 6.07) is -0.286. The number of carbonyl (C=O) groups excluding carboxylic acids is 1. The number of ether oxygens (including phenoxy) is 2. The van der Waals surface area contributed by atoms with Crippen molar-refractivity contribution < 1.29 is 23.0 Å². The molecule has 152 valence electrons. The van der Waals surface area contributed by atoms with Crippen LogP contribution in [-0.4, -0.2) is 52.6 Å². The van der Waals surface area contributed by atoms with Crippen molar-refractivity contribution in [2.24, 2.45) is 11.7 Å². The van der Waals surface area contributed by atoms with Gasteiger partial charge in [-0.3, -0.25) is 14.4 Å². The van der Waals surface area contributed by atoms with Crippen LogP contribution in [-0.2, 0) is 33.9 Å². The van der Waals surface area contributed by atoms with Crippen molar-refractivity contribution in [3.8, 4) is 0 Å². The Bertz CT molecular complexity index is 799. The molecule has 3 heterocycles. The van der Waals surface area contributed by atoms with Gasteiger partial charge in [0.05, 0.1) is 25.5 Å². The number of hydrogen-bond donors (Lipinski definition) is 1. The van der Waals surface area contributed by atoms with E-state index in [0.29, 0.717) is 26.1 Å². The average molecular weight is 394 g/mol. The molecule has 1 fully saturated rings. The second kappa shape index (κ2) is 7.73. The number of esters is 1. The maximum Gasteiger partial charge on any atom is 0.327 e. The predicted octanol–water partition coefficient (Wildman–Crippen LogP) is 1.58. The quantitative estimate of drug-likeness (QED) is 0.781. The molecular weight excluding hydrogens is 370 g/mol. The zero-order valence-electron chi connectivity index (χ0n) is 15.7. The van der Waals surface area contributed by atoms with E-state index in [9.17, 15) is 13.6 Å². The highest BCUT2D eigenvalue weighted by Gasteiger charge is 2.40. The molecule has 2 aliphatic heterocycles. The number of nitrogens with two attached hydrogens (primary N) is 1. The van der Waals surface area contributed by atoms with E-state index in [4.69, 9.17) is 10.5 Å². The summed E-state index contributed by atoms with van der Waals surface area (Å²) >= 11 is 0. The number of fused-ring (bicyclic) bond motifs is 1. The molecule has 3 aliphatic rings. The van der Waals surface area contributed by atoms with Crippen LogP contribution in [0.3, 0.4) is 0 Å². The van der Waals surface area contributed by atoms with Crippen molar-refractivity contribution in [2.45, 2.75) is 50.7 Å². The Labute approximate surface area is 161 Å². The van der Waals surface area contributed by atoms with Crippen LogP contribution in [0, 0.1) is 5.92 Å². The molecule has 1 aromatic rings. The van der Waals surface area contributed by atoms with Gasteiger partial charge in [0.25, 0.3) is 0 Å². The SMILES string of the molecule is COC(=O)Cn1cc2c(n1)CN([C@H]1CO[C@H](C3CC(F)=CC=C3F)[C@@H](N)C1)C2. The molecule has 0 aromatic carbocycles. The van der Waals surface area contributed by atoms with Crippen molar-refractivity contribution in [3.63, 3.8) is 0 Å². The first-order chi connectivity index (χ1) is 13.4. The van der Waals surface area contributed by atoms with Crippen LogP contribution in [0.2, 0.25) is 0 Å². The number of hydrogen-bond acceptors (Lipinski definition) is 6. The van der Waals surface area contributed by atoms with Crippen LogP contribution in [0.5, 0.6) is 0 Å². The molecule has 0 spiro atoms. The van der Waals surface area contributed by atoms with Crippen LogP contribution in [0.15, 0.2) is 30.0 Å². The molecule has 4 rings (SSSR count). The zero-order chi connectivity index (χ0) is 19.8. The fourth-order valence-corrected chi connectivity index (χ4v) is 4.24. The minimum atomic E-state index is -0.655. The molecule has 0 saturated carbocycles. The van der Waals surface area contributed by atoms with E-state index in [1.165, 1.54) is 7.11 Å². The van der Waals surface area contributed by atoms with Gasteiger partial charge in [-0.05, 0) is 18.6 Å². The fourth-order valence-electron chi connectivity index (χ4n) is 4.24. The van der Waals surface area contributed by atoms with Crippen LogP contribution in [0.1, 0.15) is 24.1 Å². The van der Waals surface area contributed by atoms with Gasteiger partial charge in [0.15, 0.2) is 0 Å². The van der Waals surface area contributed by atoms with E-state index in [1.807, 2.05) is 6.20 Å². The largest absolute Gasteiger partial charge is 0.468 e.